The first-order valence-corrected chi connectivity index (χ1v) is 7.11. The maximum Gasteiger partial charge on any atom is 0.0640 e. The summed E-state index contributed by atoms with van der Waals surface area (Å²) >= 11 is 0. The number of aromatic nitrogens is 1. The SMILES string of the molecule is CC(C)CNCc1ccncc1N(C)c1ccccc1. The lowest BCUT2D eigenvalue weighted by Gasteiger charge is -2.22. The molecule has 0 spiro atoms. The first kappa shape index (κ1) is 14.5. The van der Waals surface area contributed by atoms with E-state index in [1.54, 1.807) is 0 Å². The Morgan fingerprint density at radius 3 is 2.60 bits per heavy atom. The maximum atomic E-state index is 4.27. The fourth-order valence-electron chi connectivity index (χ4n) is 2.15. The van der Waals surface area contributed by atoms with Gasteiger partial charge in [0.2, 0.25) is 0 Å². The van der Waals surface area contributed by atoms with Crippen LogP contribution in [0.15, 0.2) is 48.8 Å². The highest BCUT2D eigenvalue weighted by Gasteiger charge is 2.09. The van der Waals surface area contributed by atoms with Crippen LogP contribution in [0.2, 0.25) is 0 Å². The van der Waals surface area contributed by atoms with E-state index < -0.39 is 0 Å². The van der Waals surface area contributed by atoms with Crippen LogP contribution >= 0.6 is 0 Å². The second-order valence-electron chi connectivity index (χ2n) is 5.42. The molecule has 0 saturated carbocycles. The molecule has 2 rings (SSSR count). The Morgan fingerprint density at radius 2 is 1.90 bits per heavy atom. The summed E-state index contributed by atoms with van der Waals surface area (Å²) < 4.78 is 0. The zero-order chi connectivity index (χ0) is 14.4. The molecular weight excluding hydrogens is 246 g/mol. The minimum atomic E-state index is 0.659. The van der Waals surface area contributed by atoms with Crippen molar-refractivity contribution in [1.29, 1.82) is 0 Å². The van der Waals surface area contributed by atoms with Gasteiger partial charge < -0.3 is 10.2 Å². The van der Waals surface area contributed by atoms with Crippen LogP contribution in [0.3, 0.4) is 0 Å². The van der Waals surface area contributed by atoms with E-state index in [1.807, 2.05) is 18.5 Å². The van der Waals surface area contributed by atoms with Gasteiger partial charge in [-0.3, -0.25) is 4.98 Å². The van der Waals surface area contributed by atoms with Crippen molar-refractivity contribution in [2.24, 2.45) is 5.92 Å². The van der Waals surface area contributed by atoms with E-state index in [-0.39, 0.29) is 0 Å². The van der Waals surface area contributed by atoms with Crippen LogP contribution in [-0.4, -0.2) is 18.6 Å². The zero-order valence-corrected chi connectivity index (χ0v) is 12.5. The molecule has 0 saturated heterocycles. The highest BCUT2D eigenvalue weighted by Crippen LogP contribution is 2.25. The lowest BCUT2D eigenvalue weighted by molar-refractivity contribution is 0.552. The van der Waals surface area contributed by atoms with Crippen molar-refractivity contribution < 1.29 is 0 Å². The molecule has 20 heavy (non-hydrogen) atoms. The molecule has 3 nitrogen and oxygen atoms in total. The van der Waals surface area contributed by atoms with E-state index in [0.29, 0.717) is 5.92 Å². The van der Waals surface area contributed by atoms with Gasteiger partial charge in [0.1, 0.15) is 0 Å². The summed E-state index contributed by atoms with van der Waals surface area (Å²) in [5.74, 6) is 0.659. The molecule has 1 N–H and O–H groups in total. The van der Waals surface area contributed by atoms with Crippen molar-refractivity contribution in [3.8, 4) is 0 Å². The summed E-state index contributed by atoms with van der Waals surface area (Å²) in [6.45, 7) is 6.33. The van der Waals surface area contributed by atoms with Crippen LogP contribution in [0, 0.1) is 5.92 Å². The van der Waals surface area contributed by atoms with Gasteiger partial charge in [-0.25, -0.2) is 0 Å². The first-order valence-electron chi connectivity index (χ1n) is 7.11. The third kappa shape index (κ3) is 3.81. The van der Waals surface area contributed by atoms with E-state index in [9.17, 15) is 0 Å². The summed E-state index contributed by atoms with van der Waals surface area (Å²) in [7, 11) is 2.08. The lowest BCUT2D eigenvalue weighted by Crippen LogP contribution is -2.21. The molecule has 0 unspecified atom stereocenters. The largest absolute Gasteiger partial charge is 0.343 e. The number of hydrogen-bond donors (Lipinski definition) is 1. The van der Waals surface area contributed by atoms with Gasteiger partial charge in [-0.2, -0.15) is 0 Å². The normalized spacial score (nSPS) is 10.8. The van der Waals surface area contributed by atoms with Crippen LogP contribution in [-0.2, 0) is 6.54 Å². The summed E-state index contributed by atoms with van der Waals surface area (Å²) in [5.41, 5.74) is 3.59. The van der Waals surface area contributed by atoms with Gasteiger partial charge in [-0.05, 0) is 36.2 Å². The van der Waals surface area contributed by atoms with Gasteiger partial charge in [0.15, 0.2) is 0 Å². The number of rotatable bonds is 6. The summed E-state index contributed by atoms with van der Waals surface area (Å²) in [6, 6.07) is 12.4. The molecule has 0 aliphatic rings. The zero-order valence-electron chi connectivity index (χ0n) is 12.5. The topological polar surface area (TPSA) is 28.2 Å². The second-order valence-corrected chi connectivity index (χ2v) is 5.42. The number of nitrogens with one attached hydrogen (secondary N) is 1. The highest BCUT2D eigenvalue weighted by atomic mass is 15.1. The highest BCUT2D eigenvalue weighted by molar-refractivity contribution is 5.64. The number of nitrogens with zero attached hydrogens (tertiary/aromatic N) is 2. The maximum absolute atomic E-state index is 4.27. The third-order valence-electron chi connectivity index (χ3n) is 3.26. The minimum absolute atomic E-state index is 0.659. The molecule has 0 atom stereocenters. The van der Waals surface area contributed by atoms with Gasteiger partial charge in [-0.1, -0.05) is 32.0 Å². The molecule has 2 aromatic rings. The molecule has 1 heterocycles. The Kier molecular flexibility index (Phi) is 5.13. The Balaban J connectivity index is 2.15. The van der Waals surface area contributed by atoms with Crippen LogP contribution in [0.5, 0.6) is 0 Å². The van der Waals surface area contributed by atoms with Gasteiger partial charge >= 0.3 is 0 Å². The van der Waals surface area contributed by atoms with Crippen LogP contribution in [0.25, 0.3) is 0 Å². The molecule has 1 aromatic heterocycles. The fraction of sp³-hybridized carbons (Fsp3) is 0.353. The minimum Gasteiger partial charge on any atom is -0.343 e. The van der Waals surface area contributed by atoms with Crippen molar-refractivity contribution >= 4 is 11.4 Å². The first-order chi connectivity index (χ1) is 9.68. The Labute approximate surface area is 121 Å². The van der Waals surface area contributed by atoms with Gasteiger partial charge in [0.05, 0.1) is 11.9 Å². The number of anilines is 2. The molecular formula is C17H23N3. The number of benzene rings is 1. The third-order valence-corrected chi connectivity index (χ3v) is 3.26. The molecule has 0 aliphatic heterocycles. The average molecular weight is 269 g/mol. The smallest absolute Gasteiger partial charge is 0.0640 e. The van der Waals surface area contributed by atoms with Crippen LogP contribution < -0.4 is 10.2 Å². The summed E-state index contributed by atoms with van der Waals surface area (Å²) in [6.07, 6.45) is 3.79. The Bertz CT molecular complexity index is 523. The molecule has 1 aromatic carbocycles. The van der Waals surface area contributed by atoms with E-state index in [1.165, 1.54) is 11.3 Å². The van der Waals surface area contributed by atoms with Crippen molar-refractivity contribution in [3.05, 3.63) is 54.4 Å². The Morgan fingerprint density at radius 1 is 1.15 bits per heavy atom. The Hall–Kier alpha value is -1.87. The van der Waals surface area contributed by atoms with Gasteiger partial charge in [-0.15, -0.1) is 0 Å². The average Bonchev–Trinajstić information content (AvgIpc) is 2.47. The summed E-state index contributed by atoms with van der Waals surface area (Å²) in [4.78, 5) is 6.45. The monoisotopic (exact) mass is 269 g/mol. The van der Waals surface area contributed by atoms with Crippen molar-refractivity contribution in [2.75, 3.05) is 18.5 Å². The lowest BCUT2D eigenvalue weighted by atomic mass is 10.1. The van der Waals surface area contributed by atoms with Crippen molar-refractivity contribution in [3.63, 3.8) is 0 Å². The predicted octanol–water partition coefficient (Wildman–Crippen LogP) is 3.60. The van der Waals surface area contributed by atoms with E-state index in [2.05, 4.69) is 66.4 Å². The van der Waals surface area contributed by atoms with Gasteiger partial charge in [0.25, 0.3) is 0 Å². The van der Waals surface area contributed by atoms with E-state index in [0.717, 1.165) is 18.8 Å². The van der Waals surface area contributed by atoms with E-state index >= 15 is 0 Å². The second kappa shape index (κ2) is 7.06. The van der Waals surface area contributed by atoms with Crippen molar-refractivity contribution in [1.82, 2.24) is 10.3 Å². The fourth-order valence-corrected chi connectivity index (χ4v) is 2.15. The molecule has 0 radical (unpaired) electrons. The molecule has 3 heteroatoms. The molecule has 0 aliphatic carbocycles. The molecule has 0 bridgehead atoms. The predicted molar refractivity (Wildman–Crippen MR) is 85.3 cm³/mol. The van der Waals surface area contributed by atoms with Crippen LogP contribution in [0.4, 0.5) is 11.4 Å². The number of pyridine rings is 1. The van der Waals surface area contributed by atoms with Crippen molar-refractivity contribution in [2.45, 2.75) is 20.4 Å². The standard InChI is InChI=1S/C17H23N3/c1-14(2)11-19-12-15-9-10-18-13-17(15)20(3)16-7-5-4-6-8-16/h4-10,13-14,19H,11-12H2,1-3H3. The number of para-hydroxylation sites is 1. The quantitative estimate of drug-likeness (QED) is 0.868. The molecule has 106 valence electrons. The number of hydrogen-bond acceptors (Lipinski definition) is 3. The molecule has 0 amide bonds. The van der Waals surface area contributed by atoms with Gasteiger partial charge in [0, 0.05) is 25.5 Å². The van der Waals surface area contributed by atoms with E-state index in [4.69, 9.17) is 0 Å². The molecule has 0 fully saturated rings. The van der Waals surface area contributed by atoms with Crippen LogP contribution in [0.1, 0.15) is 19.4 Å². The summed E-state index contributed by atoms with van der Waals surface area (Å²) in [5, 5.41) is 3.49.